The molecule has 0 unspecified atom stereocenters. The number of halogens is 3. The summed E-state index contributed by atoms with van der Waals surface area (Å²) in [4.78, 5) is 27.7. The number of carbonyl (C=O) groups is 2. The third kappa shape index (κ3) is 9.80. The first-order valence-corrected chi connectivity index (χ1v) is 15.0. The zero-order valence-electron chi connectivity index (χ0n) is 24.8. The predicted octanol–water partition coefficient (Wildman–Crippen LogP) is 3.54. The van der Waals surface area contributed by atoms with Gasteiger partial charge in [0.2, 0.25) is 5.28 Å². The highest BCUT2D eigenvalue weighted by Gasteiger charge is 2.35. The molecule has 19 heteroatoms. The Morgan fingerprint density at radius 2 is 1.76 bits per heavy atom. The fourth-order valence-corrected chi connectivity index (χ4v) is 4.52. The molecule has 0 bridgehead atoms. The van der Waals surface area contributed by atoms with Gasteiger partial charge in [-0.25, -0.2) is 22.6 Å². The Balaban J connectivity index is 1.64. The van der Waals surface area contributed by atoms with Crippen molar-refractivity contribution in [2.24, 2.45) is 11.2 Å². The molecule has 46 heavy (non-hydrogen) atoms. The highest BCUT2D eigenvalue weighted by atomic mass is 32.2. The number of sulfonamides is 1. The molecule has 1 amide bonds. The summed E-state index contributed by atoms with van der Waals surface area (Å²) >= 11 is 0. The quantitative estimate of drug-likeness (QED) is 0.0637. The summed E-state index contributed by atoms with van der Waals surface area (Å²) in [5.74, 6) is -1.02. The summed E-state index contributed by atoms with van der Waals surface area (Å²) < 4.78 is 78.1. The molecule has 2 N–H and O–H groups in total. The van der Waals surface area contributed by atoms with Gasteiger partial charge in [0, 0.05) is 5.56 Å². The molecule has 0 aliphatic rings. The lowest BCUT2D eigenvalue weighted by atomic mass is 10.1. The lowest BCUT2D eigenvalue weighted by Gasteiger charge is -2.17. The Kier molecular flexibility index (Phi) is 11.9. The minimum atomic E-state index is -4.73. The van der Waals surface area contributed by atoms with Gasteiger partial charge in [0.1, 0.15) is 19.7 Å². The van der Waals surface area contributed by atoms with Gasteiger partial charge in [0.25, 0.3) is 16.8 Å². The number of aryl methyl sites for hydroxylation is 1. The first kappa shape index (κ1) is 35.6. The van der Waals surface area contributed by atoms with Crippen LogP contribution in [0.3, 0.4) is 0 Å². The van der Waals surface area contributed by atoms with E-state index in [4.69, 9.17) is 9.47 Å². The number of aliphatic hydroxyl groups excluding tert-OH is 1. The fraction of sp³-hybridized carbons (Fsp3) is 0.370. The first-order valence-electron chi connectivity index (χ1n) is 13.5. The van der Waals surface area contributed by atoms with Gasteiger partial charge in [-0.1, -0.05) is 43.7 Å². The molecule has 15 nitrogen and oxygen atoms in total. The van der Waals surface area contributed by atoms with Crippen molar-refractivity contribution in [1.82, 2.24) is 19.5 Å². The van der Waals surface area contributed by atoms with Crippen molar-refractivity contribution >= 4 is 22.1 Å². The van der Waals surface area contributed by atoms with Crippen LogP contribution in [0.4, 0.5) is 18.0 Å². The van der Waals surface area contributed by atoms with E-state index < -0.39 is 64.8 Å². The summed E-state index contributed by atoms with van der Waals surface area (Å²) in [6.07, 6.45) is -6.13. The van der Waals surface area contributed by atoms with Gasteiger partial charge >= 0.3 is 18.2 Å². The Morgan fingerprint density at radius 3 is 2.35 bits per heavy atom. The zero-order chi connectivity index (χ0) is 34.1. The van der Waals surface area contributed by atoms with Gasteiger partial charge in [-0.3, -0.25) is 4.79 Å². The van der Waals surface area contributed by atoms with Crippen LogP contribution >= 0.6 is 0 Å². The van der Waals surface area contributed by atoms with Crippen LogP contribution in [0.25, 0.3) is 16.9 Å². The molecular formula is C27H31F3N6O9S. The van der Waals surface area contributed by atoms with E-state index in [0.717, 1.165) is 33.5 Å². The van der Waals surface area contributed by atoms with Gasteiger partial charge < -0.3 is 24.6 Å². The number of hydrogen-bond acceptors (Lipinski definition) is 11. The number of esters is 1. The molecule has 3 aromatic rings. The van der Waals surface area contributed by atoms with Crippen LogP contribution in [-0.4, -0.2) is 78.4 Å². The number of nitrogens with one attached hydrogen (secondary N) is 1. The van der Waals surface area contributed by atoms with Gasteiger partial charge in [-0.15, -0.1) is 5.01 Å². The molecule has 1 aromatic heterocycles. The average molecular weight is 673 g/mol. The molecule has 2 aromatic carbocycles. The largest absolute Gasteiger partial charge is 0.569 e. The summed E-state index contributed by atoms with van der Waals surface area (Å²) in [6, 6.07) is 12.2. The van der Waals surface area contributed by atoms with E-state index in [1.165, 1.54) is 12.1 Å². The Labute approximate surface area is 261 Å². The molecule has 1 heterocycles. The Morgan fingerprint density at radius 1 is 1.11 bits per heavy atom. The van der Waals surface area contributed by atoms with Crippen molar-refractivity contribution in [3.05, 3.63) is 71.1 Å². The number of amides is 1. The number of benzene rings is 2. The Hall–Kier alpha value is -4.91. The average Bonchev–Trinajstić information content (AvgIpc) is 3.45. The van der Waals surface area contributed by atoms with Crippen molar-refractivity contribution in [2.75, 3.05) is 33.1 Å². The maximum Gasteiger partial charge on any atom is 0.435 e. The second-order valence-corrected chi connectivity index (χ2v) is 11.5. The first-order chi connectivity index (χ1) is 21.6. The molecule has 0 fully saturated rings. The molecule has 0 saturated carbocycles. The van der Waals surface area contributed by atoms with E-state index >= 15 is 0 Å². The van der Waals surface area contributed by atoms with Crippen LogP contribution in [0.1, 0.15) is 25.1 Å². The number of aromatic nitrogens is 2. The molecule has 0 aliphatic carbocycles. The number of hydrogen-bond donors (Lipinski definition) is 2. The van der Waals surface area contributed by atoms with Gasteiger partial charge in [-0.05, 0) is 37.3 Å². The van der Waals surface area contributed by atoms with Crippen molar-refractivity contribution in [1.29, 1.82) is 0 Å². The van der Waals surface area contributed by atoms with Crippen molar-refractivity contribution in [3.63, 3.8) is 0 Å². The summed E-state index contributed by atoms with van der Waals surface area (Å²) in [5, 5.41) is 28.9. The molecule has 0 aliphatic heterocycles. The van der Waals surface area contributed by atoms with Gasteiger partial charge in [0.15, 0.2) is 5.69 Å². The lowest BCUT2D eigenvalue weighted by molar-refractivity contribution is -0.712. The van der Waals surface area contributed by atoms with Crippen molar-refractivity contribution in [3.8, 4) is 16.9 Å². The topological polar surface area (TPSA) is 188 Å². The van der Waals surface area contributed by atoms with Crippen LogP contribution in [-0.2, 0) is 35.3 Å². The smallest absolute Gasteiger partial charge is 0.435 e. The predicted molar refractivity (Wildman–Crippen MR) is 152 cm³/mol. The molecule has 0 spiro atoms. The maximum absolute atomic E-state index is 13.5. The van der Waals surface area contributed by atoms with E-state index in [1.807, 2.05) is 6.92 Å². The number of carbonyl (C=O) groups excluding carboxylic acids is 2. The third-order valence-corrected chi connectivity index (χ3v) is 7.32. The number of hydrazine groups is 1. The van der Waals surface area contributed by atoms with Crippen LogP contribution in [0.5, 0.6) is 0 Å². The number of ether oxygens (including phenoxy) is 2. The van der Waals surface area contributed by atoms with Crippen LogP contribution in [0.15, 0.2) is 64.8 Å². The summed E-state index contributed by atoms with van der Waals surface area (Å²) in [6.45, 7) is 2.69. The van der Waals surface area contributed by atoms with E-state index in [1.54, 1.807) is 42.8 Å². The minimum Gasteiger partial charge on any atom is -0.569 e. The summed E-state index contributed by atoms with van der Waals surface area (Å²) in [7, 11) is -4.49. The molecule has 0 atom stereocenters. The number of alkyl halides is 3. The van der Waals surface area contributed by atoms with Crippen LogP contribution in [0, 0.1) is 18.0 Å². The molecule has 0 radical (unpaired) electrons. The minimum absolute atomic E-state index is 0.0828. The van der Waals surface area contributed by atoms with Crippen molar-refractivity contribution in [2.45, 2.75) is 31.8 Å². The van der Waals surface area contributed by atoms with Crippen LogP contribution in [0.2, 0.25) is 0 Å². The number of nitrogens with zero attached hydrogens (tertiary/aromatic N) is 5. The van der Waals surface area contributed by atoms with Crippen molar-refractivity contribution < 1.29 is 55.6 Å². The van der Waals surface area contributed by atoms with E-state index in [-0.39, 0.29) is 29.4 Å². The monoisotopic (exact) mass is 672 g/mol. The van der Waals surface area contributed by atoms with E-state index in [2.05, 4.69) is 15.2 Å². The lowest BCUT2D eigenvalue weighted by Crippen LogP contribution is -2.38. The number of aliphatic hydroxyl groups is 1. The highest BCUT2D eigenvalue weighted by Crippen LogP contribution is 2.33. The molecular weight excluding hydrogens is 641 g/mol. The molecule has 0 saturated heterocycles. The Bertz CT molecular complexity index is 1630. The molecule has 3 rings (SSSR count). The van der Waals surface area contributed by atoms with Crippen LogP contribution < -0.4 is 4.72 Å². The maximum atomic E-state index is 13.5. The molecule has 250 valence electrons. The zero-order valence-corrected chi connectivity index (χ0v) is 25.6. The third-order valence-electron chi connectivity index (χ3n) is 5.99. The van der Waals surface area contributed by atoms with E-state index in [0.29, 0.717) is 5.56 Å². The second-order valence-electron chi connectivity index (χ2n) is 9.80. The van der Waals surface area contributed by atoms with E-state index in [9.17, 15) is 41.5 Å². The SMILES string of the molecule is Cc1ccc(-c2cc(C(F)(F)F)nn2-c2ccc(S(=O)(=O)NC(=O)OCCN(CCO)/[N+]([O-])=N/OCOC(=O)C(C)C)cc2)cc1. The summed E-state index contributed by atoms with van der Waals surface area (Å²) in [5.41, 5.74) is 0.428. The van der Waals surface area contributed by atoms with Gasteiger partial charge in [-0.2, -0.15) is 18.3 Å². The van der Waals surface area contributed by atoms with Gasteiger partial charge in [0.05, 0.1) is 33.8 Å². The standard InChI is InChI=1S/C27H31F3N6O9S/c1-18(2)25(38)44-17-45-33-36(40)34(12-14-37)13-15-43-26(39)32-46(41,42)22-10-8-21(9-11-22)35-23(16-24(31-35)27(28,29)30)20-6-4-19(3)5-7-20/h4-11,16,18,37H,12-15,17H2,1-3H3,(H,32,39)/b36-33-. The highest BCUT2D eigenvalue weighted by molar-refractivity contribution is 7.90. The fourth-order valence-electron chi connectivity index (χ4n) is 3.63. The normalized spacial score (nSPS) is 12.1. The number of rotatable bonds is 14. The second kappa shape index (κ2) is 15.4.